The minimum atomic E-state index is 0.681. The standard InChI is InChI=1S/C18H14BrClN2/c1-13(19)12-22-17-5-3-2-4-16(17)21-18(22)11-8-14-6-9-15(20)10-7-14/h2-11H,1,12H2/b11-8+. The summed E-state index contributed by atoms with van der Waals surface area (Å²) >= 11 is 9.35. The van der Waals surface area contributed by atoms with Crippen LogP contribution in [0.3, 0.4) is 0 Å². The van der Waals surface area contributed by atoms with Crippen molar-refractivity contribution < 1.29 is 0 Å². The van der Waals surface area contributed by atoms with Gasteiger partial charge in [0.05, 0.1) is 17.6 Å². The highest BCUT2D eigenvalue weighted by Crippen LogP contribution is 2.21. The molecule has 3 rings (SSSR count). The lowest BCUT2D eigenvalue weighted by atomic mass is 10.2. The van der Waals surface area contributed by atoms with Crippen molar-refractivity contribution in [2.24, 2.45) is 0 Å². The molecule has 0 spiro atoms. The fourth-order valence-electron chi connectivity index (χ4n) is 2.30. The molecule has 0 saturated carbocycles. The van der Waals surface area contributed by atoms with Gasteiger partial charge in [0.25, 0.3) is 0 Å². The molecule has 3 aromatic rings. The van der Waals surface area contributed by atoms with Gasteiger partial charge >= 0.3 is 0 Å². The third-order valence-electron chi connectivity index (χ3n) is 3.31. The Kier molecular flexibility index (Phi) is 4.46. The van der Waals surface area contributed by atoms with Gasteiger partial charge in [0.1, 0.15) is 5.82 Å². The molecule has 22 heavy (non-hydrogen) atoms. The molecule has 0 aliphatic heterocycles. The van der Waals surface area contributed by atoms with Crippen LogP contribution in [-0.2, 0) is 6.54 Å². The molecule has 1 aromatic heterocycles. The molecule has 4 heteroatoms. The summed E-state index contributed by atoms with van der Waals surface area (Å²) in [5.74, 6) is 0.900. The number of benzene rings is 2. The average Bonchev–Trinajstić information content (AvgIpc) is 2.84. The van der Waals surface area contributed by atoms with E-state index in [1.54, 1.807) is 0 Å². The van der Waals surface area contributed by atoms with Crippen LogP contribution in [0.15, 0.2) is 59.6 Å². The van der Waals surface area contributed by atoms with Crippen LogP contribution in [0, 0.1) is 0 Å². The molecule has 2 nitrogen and oxygen atoms in total. The predicted octanol–water partition coefficient (Wildman–Crippen LogP) is 5.77. The van der Waals surface area contributed by atoms with E-state index < -0.39 is 0 Å². The molecular formula is C18H14BrClN2. The van der Waals surface area contributed by atoms with E-state index in [2.05, 4.69) is 38.1 Å². The molecule has 0 aliphatic rings. The van der Waals surface area contributed by atoms with E-state index >= 15 is 0 Å². The zero-order valence-electron chi connectivity index (χ0n) is 11.8. The smallest absolute Gasteiger partial charge is 0.134 e. The molecule has 0 radical (unpaired) electrons. The first-order chi connectivity index (χ1) is 10.6. The van der Waals surface area contributed by atoms with Crippen molar-refractivity contribution in [1.82, 2.24) is 9.55 Å². The van der Waals surface area contributed by atoms with Gasteiger partial charge in [-0.3, -0.25) is 0 Å². The summed E-state index contributed by atoms with van der Waals surface area (Å²) in [5, 5.41) is 0.736. The van der Waals surface area contributed by atoms with Crippen molar-refractivity contribution >= 4 is 50.7 Å². The molecule has 0 unspecified atom stereocenters. The first kappa shape index (κ1) is 15.1. The second-order valence-corrected chi connectivity index (χ2v) is 6.50. The van der Waals surface area contributed by atoms with Crippen molar-refractivity contribution in [2.45, 2.75) is 6.54 Å². The number of nitrogens with zero attached hydrogens (tertiary/aromatic N) is 2. The van der Waals surface area contributed by atoms with E-state index in [-0.39, 0.29) is 0 Å². The second-order valence-electron chi connectivity index (χ2n) is 4.95. The van der Waals surface area contributed by atoms with Gasteiger partial charge in [0.15, 0.2) is 0 Å². The first-order valence-corrected chi connectivity index (χ1v) is 8.03. The number of allylic oxidation sites excluding steroid dienone is 1. The topological polar surface area (TPSA) is 17.8 Å². The number of rotatable bonds is 4. The molecule has 0 amide bonds. The summed E-state index contributed by atoms with van der Waals surface area (Å²) in [4.78, 5) is 4.69. The highest BCUT2D eigenvalue weighted by atomic mass is 79.9. The lowest BCUT2D eigenvalue weighted by Gasteiger charge is -2.05. The quantitative estimate of drug-likeness (QED) is 0.568. The first-order valence-electron chi connectivity index (χ1n) is 6.86. The van der Waals surface area contributed by atoms with Crippen molar-refractivity contribution in [1.29, 1.82) is 0 Å². The van der Waals surface area contributed by atoms with Crippen LogP contribution in [0.2, 0.25) is 5.02 Å². The van der Waals surface area contributed by atoms with Crippen LogP contribution >= 0.6 is 27.5 Å². The lowest BCUT2D eigenvalue weighted by Crippen LogP contribution is -1.99. The van der Waals surface area contributed by atoms with E-state index in [1.165, 1.54) is 0 Å². The number of hydrogen-bond donors (Lipinski definition) is 0. The summed E-state index contributed by atoms with van der Waals surface area (Å²) in [6, 6.07) is 15.8. The van der Waals surface area contributed by atoms with E-state index in [4.69, 9.17) is 11.6 Å². The Morgan fingerprint density at radius 1 is 1.14 bits per heavy atom. The summed E-state index contributed by atoms with van der Waals surface area (Å²) in [7, 11) is 0. The van der Waals surface area contributed by atoms with Crippen molar-refractivity contribution in [3.63, 3.8) is 0 Å². The number of fused-ring (bicyclic) bond motifs is 1. The molecule has 0 aliphatic carbocycles. The van der Waals surface area contributed by atoms with Gasteiger partial charge in [-0.1, -0.05) is 64.5 Å². The minimum Gasteiger partial charge on any atom is -0.319 e. The van der Waals surface area contributed by atoms with E-state index in [1.807, 2.05) is 54.6 Å². The Morgan fingerprint density at radius 2 is 1.86 bits per heavy atom. The number of para-hydroxylation sites is 2. The van der Waals surface area contributed by atoms with E-state index in [0.29, 0.717) is 6.54 Å². The van der Waals surface area contributed by atoms with E-state index in [9.17, 15) is 0 Å². The van der Waals surface area contributed by atoms with Crippen LogP contribution in [0.5, 0.6) is 0 Å². The van der Waals surface area contributed by atoms with Gasteiger partial charge in [-0.15, -0.1) is 0 Å². The van der Waals surface area contributed by atoms with Gasteiger partial charge in [-0.2, -0.15) is 0 Å². The third-order valence-corrected chi connectivity index (χ3v) is 3.81. The van der Waals surface area contributed by atoms with Crippen LogP contribution in [0.4, 0.5) is 0 Å². The zero-order chi connectivity index (χ0) is 15.5. The molecule has 0 saturated heterocycles. The Labute approximate surface area is 142 Å². The molecule has 0 bridgehead atoms. The maximum Gasteiger partial charge on any atom is 0.134 e. The Bertz CT molecular complexity index is 847. The average molecular weight is 374 g/mol. The lowest BCUT2D eigenvalue weighted by molar-refractivity contribution is 0.833. The molecule has 2 aromatic carbocycles. The Balaban J connectivity index is 2.01. The van der Waals surface area contributed by atoms with Gasteiger partial charge < -0.3 is 4.57 Å². The summed E-state index contributed by atoms with van der Waals surface area (Å²) in [5.41, 5.74) is 3.16. The molecule has 0 N–H and O–H groups in total. The largest absolute Gasteiger partial charge is 0.319 e. The summed E-state index contributed by atoms with van der Waals surface area (Å²) < 4.78 is 3.05. The van der Waals surface area contributed by atoms with Gasteiger partial charge in [0, 0.05) is 9.51 Å². The van der Waals surface area contributed by atoms with Crippen LogP contribution in [0.25, 0.3) is 23.2 Å². The zero-order valence-corrected chi connectivity index (χ0v) is 14.2. The molecule has 1 heterocycles. The minimum absolute atomic E-state index is 0.681. The number of halogens is 2. The second kappa shape index (κ2) is 6.51. The van der Waals surface area contributed by atoms with Gasteiger partial charge in [-0.25, -0.2) is 4.98 Å². The van der Waals surface area contributed by atoms with Crippen molar-refractivity contribution in [3.05, 3.63) is 76.0 Å². The van der Waals surface area contributed by atoms with Crippen molar-refractivity contribution in [3.8, 4) is 0 Å². The maximum absolute atomic E-state index is 5.91. The summed E-state index contributed by atoms with van der Waals surface area (Å²) in [6.45, 7) is 4.62. The Morgan fingerprint density at radius 3 is 2.59 bits per heavy atom. The van der Waals surface area contributed by atoms with Crippen LogP contribution in [0.1, 0.15) is 11.4 Å². The van der Waals surface area contributed by atoms with Gasteiger partial charge in [0.2, 0.25) is 0 Å². The summed E-state index contributed by atoms with van der Waals surface area (Å²) in [6.07, 6.45) is 4.05. The number of hydrogen-bond acceptors (Lipinski definition) is 1. The monoisotopic (exact) mass is 372 g/mol. The number of aromatic nitrogens is 2. The molecule has 0 atom stereocenters. The molecule has 110 valence electrons. The Hall–Kier alpha value is -1.84. The van der Waals surface area contributed by atoms with Gasteiger partial charge in [-0.05, 0) is 35.9 Å². The van der Waals surface area contributed by atoms with Crippen molar-refractivity contribution in [2.75, 3.05) is 0 Å². The van der Waals surface area contributed by atoms with Crippen LogP contribution in [-0.4, -0.2) is 9.55 Å². The fraction of sp³-hybridized carbons (Fsp3) is 0.0556. The van der Waals surface area contributed by atoms with Crippen LogP contribution < -0.4 is 0 Å². The number of imidazole rings is 1. The molecular weight excluding hydrogens is 360 g/mol. The normalized spacial score (nSPS) is 11.4. The molecule has 0 fully saturated rings. The predicted molar refractivity (Wildman–Crippen MR) is 98.2 cm³/mol. The highest BCUT2D eigenvalue weighted by molar-refractivity contribution is 9.11. The van der Waals surface area contributed by atoms with E-state index in [0.717, 1.165) is 31.9 Å². The SMILES string of the molecule is C=C(Br)Cn1c(/C=C/c2ccc(Cl)cc2)nc2ccccc21. The maximum atomic E-state index is 5.91. The fourth-order valence-corrected chi connectivity index (χ4v) is 2.68. The third kappa shape index (κ3) is 3.32. The highest BCUT2D eigenvalue weighted by Gasteiger charge is 2.08.